The van der Waals surface area contributed by atoms with Gasteiger partial charge in [0.15, 0.2) is 0 Å². The van der Waals surface area contributed by atoms with Crippen LogP contribution in [0.15, 0.2) is 0 Å². The molecule has 8 heavy (non-hydrogen) atoms. The Balaban J connectivity index is 2.22. The van der Waals surface area contributed by atoms with E-state index in [1.165, 1.54) is 17.9 Å². The summed E-state index contributed by atoms with van der Waals surface area (Å²) >= 11 is 3.70. The predicted octanol–water partition coefficient (Wildman–Crippen LogP) is 1.90. The highest BCUT2D eigenvalue weighted by Gasteiger charge is 2.10. The molecular formula is C4H9OPS2. The zero-order chi connectivity index (χ0) is 5.82. The molecule has 1 atom stereocenters. The van der Waals surface area contributed by atoms with E-state index >= 15 is 0 Å². The Bertz CT molecular complexity index is 82.1. The molecule has 0 aliphatic carbocycles. The Hall–Kier alpha value is 0.930. The van der Waals surface area contributed by atoms with E-state index in [1.54, 1.807) is 0 Å². The van der Waals surface area contributed by atoms with Gasteiger partial charge in [-0.3, -0.25) is 0 Å². The van der Waals surface area contributed by atoms with Crippen molar-refractivity contribution in [3.63, 3.8) is 0 Å². The van der Waals surface area contributed by atoms with Crippen LogP contribution in [0.5, 0.6) is 0 Å². The molecule has 0 radical (unpaired) electrons. The van der Waals surface area contributed by atoms with Gasteiger partial charge in [-0.15, -0.1) is 23.5 Å². The highest BCUT2D eigenvalue weighted by Crippen LogP contribution is 2.37. The fourth-order valence-electron chi connectivity index (χ4n) is 0.585. The third-order valence-electron chi connectivity index (χ3n) is 0.964. The van der Waals surface area contributed by atoms with E-state index in [9.17, 15) is 4.57 Å². The summed E-state index contributed by atoms with van der Waals surface area (Å²) in [5.41, 5.74) is 0. The van der Waals surface area contributed by atoms with Gasteiger partial charge in [0.2, 0.25) is 0 Å². The molecule has 0 bridgehead atoms. The lowest BCUT2D eigenvalue weighted by molar-refractivity contribution is 0.600. The molecule has 1 rings (SSSR count). The second-order valence-electron chi connectivity index (χ2n) is 1.60. The third kappa shape index (κ3) is 2.04. The average molecular weight is 168 g/mol. The molecule has 0 N–H and O–H groups in total. The van der Waals surface area contributed by atoms with Gasteiger partial charge in [0.05, 0.1) is 12.8 Å². The molecule has 1 saturated heterocycles. The Kier molecular flexibility index (Phi) is 3.40. The minimum atomic E-state index is -0.536. The molecule has 1 nitrogen and oxygen atoms in total. The summed E-state index contributed by atoms with van der Waals surface area (Å²) in [5.74, 6) is 2.43. The van der Waals surface area contributed by atoms with Crippen molar-refractivity contribution in [2.75, 3.05) is 11.5 Å². The first-order valence-corrected chi connectivity index (χ1v) is 5.85. The summed E-state index contributed by atoms with van der Waals surface area (Å²) in [4.78, 5) is 0. The first-order valence-electron chi connectivity index (χ1n) is 2.62. The molecule has 0 aromatic rings. The second kappa shape index (κ2) is 3.86. The van der Waals surface area contributed by atoms with Crippen molar-refractivity contribution in [3.8, 4) is 0 Å². The minimum absolute atomic E-state index is 0.448. The zero-order valence-electron chi connectivity index (χ0n) is 4.50. The van der Waals surface area contributed by atoms with Gasteiger partial charge in [0.25, 0.3) is 0 Å². The Labute approximate surface area is 59.2 Å². The molecule has 1 unspecified atom stereocenters. The monoisotopic (exact) mass is 168 g/mol. The Morgan fingerprint density at radius 3 is 2.38 bits per heavy atom. The normalized spacial score (nSPS) is 25.0. The molecule has 0 amide bonds. The largest absolute Gasteiger partial charge is 0.328 e. The van der Waals surface area contributed by atoms with Crippen LogP contribution in [0.2, 0.25) is 0 Å². The van der Waals surface area contributed by atoms with Crippen LogP contribution in [-0.4, -0.2) is 15.8 Å². The van der Waals surface area contributed by atoms with Gasteiger partial charge in [0.1, 0.15) is 0 Å². The summed E-state index contributed by atoms with van der Waals surface area (Å²) in [5, 5.41) is 0. The van der Waals surface area contributed by atoms with E-state index in [2.05, 4.69) is 0 Å². The first kappa shape index (κ1) is 7.04. The van der Waals surface area contributed by atoms with Crippen LogP contribution < -0.4 is 0 Å². The summed E-state index contributed by atoms with van der Waals surface area (Å²) in [6.07, 6.45) is 1.30. The van der Waals surface area contributed by atoms with Gasteiger partial charge in [-0.05, 0) is 17.9 Å². The van der Waals surface area contributed by atoms with Crippen molar-refractivity contribution < 1.29 is 4.57 Å². The van der Waals surface area contributed by atoms with Crippen LogP contribution in [-0.2, 0) is 4.57 Å². The second-order valence-corrected chi connectivity index (χ2v) is 6.30. The van der Waals surface area contributed by atoms with Crippen LogP contribution in [0.1, 0.15) is 6.42 Å². The highest BCUT2D eigenvalue weighted by molar-refractivity contribution is 8.22. The Morgan fingerprint density at radius 2 is 2.00 bits per heavy atom. The van der Waals surface area contributed by atoms with E-state index in [4.69, 9.17) is 0 Å². The maximum atomic E-state index is 10.3. The molecule has 1 aliphatic rings. The van der Waals surface area contributed by atoms with Crippen LogP contribution in [0.4, 0.5) is 0 Å². The third-order valence-corrected chi connectivity index (χ3v) is 5.53. The van der Waals surface area contributed by atoms with Gasteiger partial charge >= 0.3 is 0 Å². The van der Waals surface area contributed by atoms with Crippen molar-refractivity contribution in [1.29, 1.82) is 0 Å². The van der Waals surface area contributed by atoms with E-state index in [0.29, 0.717) is 4.32 Å². The molecular weight excluding hydrogens is 159 g/mol. The number of rotatable bonds is 1. The quantitative estimate of drug-likeness (QED) is 0.557. The van der Waals surface area contributed by atoms with Crippen LogP contribution in [0, 0.1) is 0 Å². The summed E-state index contributed by atoms with van der Waals surface area (Å²) in [6, 6.07) is 0. The fourth-order valence-corrected chi connectivity index (χ4v) is 4.26. The molecule has 1 aliphatic heterocycles. The minimum Gasteiger partial charge on any atom is -0.328 e. The molecule has 0 saturated carbocycles. The van der Waals surface area contributed by atoms with Crippen molar-refractivity contribution in [2.24, 2.45) is 0 Å². The van der Waals surface area contributed by atoms with Crippen LogP contribution >= 0.6 is 32.0 Å². The number of thioether (sulfide) groups is 2. The molecule has 0 spiro atoms. The van der Waals surface area contributed by atoms with Crippen LogP contribution in [0.25, 0.3) is 0 Å². The number of hydrogen-bond acceptors (Lipinski definition) is 3. The maximum Gasteiger partial charge on any atom is 0.0981 e. The Morgan fingerprint density at radius 1 is 1.38 bits per heavy atom. The van der Waals surface area contributed by atoms with Crippen molar-refractivity contribution in [3.05, 3.63) is 0 Å². The molecule has 48 valence electrons. The predicted molar refractivity (Wildman–Crippen MR) is 43.7 cm³/mol. The van der Waals surface area contributed by atoms with E-state index in [-0.39, 0.29) is 0 Å². The van der Waals surface area contributed by atoms with Gasteiger partial charge in [-0.25, -0.2) is 0 Å². The maximum absolute atomic E-state index is 10.3. The molecule has 0 aromatic carbocycles. The highest BCUT2D eigenvalue weighted by atomic mass is 32.2. The molecule has 1 heterocycles. The van der Waals surface area contributed by atoms with Gasteiger partial charge in [-0.2, -0.15) is 0 Å². The fraction of sp³-hybridized carbons (Fsp3) is 1.00. The number of hydrogen-bond donors (Lipinski definition) is 0. The molecule has 4 heteroatoms. The summed E-state index contributed by atoms with van der Waals surface area (Å²) in [7, 11) is -0.536. The van der Waals surface area contributed by atoms with Crippen molar-refractivity contribution >= 4 is 32.0 Å². The standard InChI is InChI=1S/C4H9OPS2/c5-6-4-7-2-1-3-8-4/h4H,1-3,6H2. The van der Waals surface area contributed by atoms with Crippen molar-refractivity contribution in [2.45, 2.75) is 10.7 Å². The lowest BCUT2D eigenvalue weighted by atomic mass is 10.6. The van der Waals surface area contributed by atoms with Crippen molar-refractivity contribution in [1.82, 2.24) is 0 Å². The van der Waals surface area contributed by atoms with E-state index in [1.807, 2.05) is 23.5 Å². The molecule has 1 fully saturated rings. The van der Waals surface area contributed by atoms with Crippen LogP contribution in [0.3, 0.4) is 0 Å². The lowest BCUT2D eigenvalue weighted by Crippen LogP contribution is -1.98. The van der Waals surface area contributed by atoms with Gasteiger partial charge in [0, 0.05) is 0 Å². The first-order chi connectivity index (χ1) is 3.93. The lowest BCUT2D eigenvalue weighted by Gasteiger charge is -2.14. The average Bonchev–Trinajstić information content (AvgIpc) is 1.90. The smallest absolute Gasteiger partial charge is 0.0981 e. The van der Waals surface area contributed by atoms with E-state index in [0.717, 1.165) is 0 Å². The topological polar surface area (TPSA) is 17.1 Å². The SMILES string of the molecule is O=[PH2]C1SCCCS1. The summed E-state index contributed by atoms with van der Waals surface area (Å²) < 4.78 is 10.8. The van der Waals surface area contributed by atoms with E-state index < -0.39 is 8.46 Å². The van der Waals surface area contributed by atoms with Gasteiger partial charge in [-0.1, -0.05) is 0 Å². The van der Waals surface area contributed by atoms with Gasteiger partial charge < -0.3 is 4.57 Å². The summed E-state index contributed by atoms with van der Waals surface area (Å²) in [6.45, 7) is 0. The molecule has 0 aromatic heterocycles. The zero-order valence-corrected chi connectivity index (χ0v) is 7.29.